The smallest absolute Gasteiger partial charge is 0.257 e. The number of benzene rings is 1. The number of ether oxygens (including phenoxy) is 1. The number of carbonyl (C=O) groups is 1. The number of anilines is 1. The van der Waals surface area contributed by atoms with Crippen molar-refractivity contribution in [3.63, 3.8) is 0 Å². The van der Waals surface area contributed by atoms with Crippen LogP contribution in [0.3, 0.4) is 0 Å². The van der Waals surface area contributed by atoms with Crippen molar-refractivity contribution >= 4 is 43.7 Å². The molecule has 0 bridgehead atoms. The van der Waals surface area contributed by atoms with E-state index in [1.165, 1.54) is 21.7 Å². The van der Waals surface area contributed by atoms with Crippen LogP contribution in [0.5, 0.6) is 0 Å². The zero-order chi connectivity index (χ0) is 20.4. The SMILES string of the molecule is Cc1ccc(C(=O)Nc2nnc(-c3ccsc3)s2)cc1S(=O)(=O)N1CCOCC1. The van der Waals surface area contributed by atoms with Gasteiger partial charge in [0.05, 0.1) is 18.1 Å². The van der Waals surface area contributed by atoms with E-state index in [1.54, 1.807) is 30.4 Å². The van der Waals surface area contributed by atoms with Crippen molar-refractivity contribution < 1.29 is 17.9 Å². The van der Waals surface area contributed by atoms with Crippen molar-refractivity contribution in [2.45, 2.75) is 11.8 Å². The van der Waals surface area contributed by atoms with Gasteiger partial charge in [-0.05, 0) is 36.1 Å². The molecule has 0 aliphatic carbocycles. The summed E-state index contributed by atoms with van der Waals surface area (Å²) in [6.07, 6.45) is 0. The van der Waals surface area contributed by atoms with E-state index in [-0.39, 0.29) is 10.5 Å². The van der Waals surface area contributed by atoms with E-state index < -0.39 is 15.9 Å². The molecule has 2 aromatic heterocycles. The lowest BCUT2D eigenvalue weighted by Crippen LogP contribution is -2.40. The second-order valence-electron chi connectivity index (χ2n) is 6.38. The highest BCUT2D eigenvalue weighted by atomic mass is 32.2. The highest BCUT2D eigenvalue weighted by Crippen LogP contribution is 2.28. The van der Waals surface area contributed by atoms with E-state index in [0.29, 0.717) is 42.0 Å². The Morgan fingerprint density at radius 2 is 2.00 bits per heavy atom. The number of thiophene rings is 1. The zero-order valence-electron chi connectivity index (χ0n) is 15.5. The van der Waals surface area contributed by atoms with Crippen molar-refractivity contribution in [1.29, 1.82) is 0 Å². The molecule has 1 saturated heterocycles. The molecule has 8 nitrogen and oxygen atoms in total. The van der Waals surface area contributed by atoms with Crippen LogP contribution in [0.1, 0.15) is 15.9 Å². The van der Waals surface area contributed by atoms with Crippen LogP contribution < -0.4 is 5.32 Å². The molecule has 1 aliphatic heterocycles. The predicted octanol–water partition coefficient (Wildman–Crippen LogP) is 2.85. The number of hydrogen-bond acceptors (Lipinski definition) is 8. The largest absolute Gasteiger partial charge is 0.379 e. The Hall–Kier alpha value is -2.18. The minimum atomic E-state index is -3.70. The van der Waals surface area contributed by atoms with Gasteiger partial charge in [-0.3, -0.25) is 10.1 Å². The van der Waals surface area contributed by atoms with Gasteiger partial charge in [-0.2, -0.15) is 15.6 Å². The van der Waals surface area contributed by atoms with Crippen LogP contribution in [0, 0.1) is 6.92 Å². The molecule has 0 spiro atoms. The monoisotopic (exact) mass is 450 g/mol. The Bertz CT molecular complexity index is 1120. The van der Waals surface area contributed by atoms with Gasteiger partial charge in [0, 0.05) is 29.6 Å². The first-order chi connectivity index (χ1) is 13.9. The summed E-state index contributed by atoms with van der Waals surface area (Å²) in [5.74, 6) is -0.434. The lowest BCUT2D eigenvalue weighted by molar-refractivity contribution is 0.0730. The molecule has 1 fully saturated rings. The van der Waals surface area contributed by atoms with Crippen molar-refractivity contribution in [2.75, 3.05) is 31.6 Å². The van der Waals surface area contributed by atoms with Gasteiger partial charge < -0.3 is 4.74 Å². The molecular formula is C18H18N4O4S3. The van der Waals surface area contributed by atoms with Gasteiger partial charge in [-0.15, -0.1) is 10.2 Å². The van der Waals surface area contributed by atoms with Crippen molar-refractivity contribution in [2.24, 2.45) is 0 Å². The van der Waals surface area contributed by atoms with Crippen molar-refractivity contribution in [3.05, 3.63) is 46.2 Å². The molecule has 11 heteroatoms. The molecule has 0 radical (unpaired) electrons. The molecule has 1 aliphatic rings. The Labute approximate surface area is 176 Å². The number of aryl methyl sites for hydroxylation is 1. The average Bonchev–Trinajstić information content (AvgIpc) is 3.40. The second kappa shape index (κ2) is 8.28. The fourth-order valence-electron chi connectivity index (χ4n) is 2.89. The standard InChI is InChI=1S/C18H18N4O4S3/c1-12-2-3-13(10-15(12)29(24,25)22-5-7-26-8-6-22)16(23)19-18-21-20-17(28-18)14-4-9-27-11-14/h2-4,9-11H,5-8H2,1H3,(H,19,21,23). The Morgan fingerprint density at radius 3 is 2.72 bits per heavy atom. The molecule has 4 rings (SSSR count). The minimum absolute atomic E-state index is 0.128. The summed E-state index contributed by atoms with van der Waals surface area (Å²) in [5.41, 5.74) is 1.78. The minimum Gasteiger partial charge on any atom is -0.379 e. The molecule has 3 aromatic rings. The normalized spacial score (nSPS) is 15.3. The van der Waals surface area contributed by atoms with Gasteiger partial charge in [0.1, 0.15) is 5.01 Å². The molecule has 1 N–H and O–H groups in total. The van der Waals surface area contributed by atoms with Gasteiger partial charge in [0.25, 0.3) is 5.91 Å². The Morgan fingerprint density at radius 1 is 1.21 bits per heavy atom. The first kappa shape index (κ1) is 20.1. The third kappa shape index (κ3) is 4.23. The number of nitrogens with zero attached hydrogens (tertiary/aromatic N) is 3. The number of amides is 1. The van der Waals surface area contributed by atoms with Crippen molar-refractivity contribution in [3.8, 4) is 10.6 Å². The van der Waals surface area contributed by atoms with Crippen LogP contribution in [0.25, 0.3) is 10.6 Å². The summed E-state index contributed by atoms with van der Waals surface area (Å²) in [5, 5.41) is 15.7. The first-order valence-corrected chi connectivity index (χ1v) is 12.0. The molecule has 0 atom stereocenters. The van der Waals surface area contributed by atoms with Crippen LogP contribution in [-0.4, -0.2) is 55.1 Å². The zero-order valence-corrected chi connectivity index (χ0v) is 17.9. The molecular weight excluding hydrogens is 432 g/mol. The summed E-state index contributed by atoms with van der Waals surface area (Å²) in [6.45, 7) is 3.04. The predicted molar refractivity (Wildman–Crippen MR) is 112 cm³/mol. The number of sulfonamides is 1. The van der Waals surface area contributed by atoms with E-state index in [4.69, 9.17) is 4.74 Å². The number of hydrogen-bond donors (Lipinski definition) is 1. The van der Waals surface area contributed by atoms with Crippen LogP contribution in [0.2, 0.25) is 0 Å². The molecule has 29 heavy (non-hydrogen) atoms. The summed E-state index contributed by atoms with van der Waals surface area (Å²) in [6, 6.07) is 6.58. The average molecular weight is 451 g/mol. The fraction of sp³-hybridized carbons (Fsp3) is 0.278. The number of morpholine rings is 1. The van der Waals surface area contributed by atoms with E-state index in [0.717, 1.165) is 5.56 Å². The number of nitrogens with one attached hydrogen (secondary N) is 1. The topological polar surface area (TPSA) is 101 Å². The van der Waals surface area contributed by atoms with Crippen LogP contribution in [-0.2, 0) is 14.8 Å². The molecule has 1 aromatic carbocycles. The maximum atomic E-state index is 13.0. The highest BCUT2D eigenvalue weighted by Gasteiger charge is 2.28. The van der Waals surface area contributed by atoms with Crippen LogP contribution >= 0.6 is 22.7 Å². The van der Waals surface area contributed by atoms with Gasteiger partial charge in [0.2, 0.25) is 15.2 Å². The van der Waals surface area contributed by atoms with Crippen LogP contribution in [0.4, 0.5) is 5.13 Å². The lowest BCUT2D eigenvalue weighted by Gasteiger charge is -2.26. The second-order valence-corrected chi connectivity index (χ2v) is 10.0. The number of aromatic nitrogens is 2. The maximum Gasteiger partial charge on any atom is 0.257 e. The van der Waals surface area contributed by atoms with E-state index in [1.807, 2.05) is 16.8 Å². The highest BCUT2D eigenvalue weighted by molar-refractivity contribution is 7.89. The Kier molecular flexibility index (Phi) is 5.74. The quantitative estimate of drug-likeness (QED) is 0.641. The van der Waals surface area contributed by atoms with Gasteiger partial charge in [-0.25, -0.2) is 8.42 Å². The summed E-state index contributed by atoms with van der Waals surface area (Å²) >= 11 is 2.82. The first-order valence-electron chi connectivity index (χ1n) is 8.81. The number of rotatable bonds is 5. The summed E-state index contributed by atoms with van der Waals surface area (Å²) < 4.78 is 32.6. The molecule has 152 valence electrons. The van der Waals surface area contributed by atoms with Crippen molar-refractivity contribution in [1.82, 2.24) is 14.5 Å². The molecule has 0 unspecified atom stereocenters. The Balaban J connectivity index is 1.56. The third-order valence-corrected chi connectivity index (χ3v) is 8.06. The van der Waals surface area contributed by atoms with E-state index in [9.17, 15) is 13.2 Å². The molecule has 1 amide bonds. The number of carbonyl (C=O) groups excluding carboxylic acids is 1. The summed E-state index contributed by atoms with van der Waals surface area (Å²) in [4.78, 5) is 12.8. The van der Waals surface area contributed by atoms with Gasteiger partial charge >= 0.3 is 0 Å². The third-order valence-electron chi connectivity index (χ3n) is 4.45. The van der Waals surface area contributed by atoms with Gasteiger partial charge in [-0.1, -0.05) is 17.4 Å². The molecule has 3 heterocycles. The van der Waals surface area contributed by atoms with Crippen LogP contribution in [0.15, 0.2) is 39.9 Å². The molecule has 0 saturated carbocycles. The maximum absolute atomic E-state index is 13.0. The van der Waals surface area contributed by atoms with E-state index >= 15 is 0 Å². The van der Waals surface area contributed by atoms with E-state index in [2.05, 4.69) is 15.5 Å². The fourth-order valence-corrected chi connectivity index (χ4v) is 6.00. The summed E-state index contributed by atoms with van der Waals surface area (Å²) in [7, 11) is -3.70. The van der Waals surface area contributed by atoms with Gasteiger partial charge in [0.15, 0.2) is 0 Å². The lowest BCUT2D eigenvalue weighted by atomic mass is 10.1.